The maximum atomic E-state index is 12.1. The Kier molecular flexibility index (Phi) is 5.58. The number of carbonyl (C=O) groups excluding carboxylic acids is 1. The Morgan fingerprint density at radius 3 is 2.58 bits per heavy atom. The molecule has 0 radical (unpaired) electrons. The number of amides is 1. The molecule has 4 N–H and O–H groups in total. The number of aryl methyl sites for hydroxylation is 2. The molecule has 1 amide bonds. The van der Waals surface area contributed by atoms with Gasteiger partial charge in [-0.2, -0.15) is 0 Å². The highest BCUT2D eigenvalue weighted by Crippen LogP contribution is 2.22. The Morgan fingerprint density at radius 1 is 1.12 bits per heavy atom. The number of fused-ring (bicyclic) bond motifs is 1. The highest BCUT2D eigenvalue weighted by Gasteiger charge is 2.10. The fraction of sp³-hybridized carbons (Fsp3) is 0.316. The van der Waals surface area contributed by atoms with Crippen molar-refractivity contribution in [3.05, 3.63) is 59.2 Å². The van der Waals surface area contributed by atoms with E-state index < -0.39 is 10.0 Å². The second kappa shape index (κ2) is 7.88. The van der Waals surface area contributed by atoms with Crippen LogP contribution in [-0.2, 0) is 34.2 Å². The van der Waals surface area contributed by atoms with Crippen molar-refractivity contribution in [3.8, 4) is 0 Å². The summed E-state index contributed by atoms with van der Waals surface area (Å²) in [6.45, 7) is 1.53. The molecule has 0 atom stereocenters. The van der Waals surface area contributed by atoms with E-state index in [9.17, 15) is 13.2 Å². The normalized spacial score (nSPS) is 13.6. The van der Waals surface area contributed by atoms with E-state index >= 15 is 0 Å². The minimum Gasteiger partial charge on any atom is -0.385 e. The highest BCUT2D eigenvalue weighted by molar-refractivity contribution is 7.89. The maximum Gasteiger partial charge on any atom is 0.238 e. The van der Waals surface area contributed by atoms with Gasteiger partial charge in [-0.05, 0) is 54.2 Å². The largest absolute Gasteiger partial charge is 0.385 e. The van der Waals surface area contributed by atoms with Gasteiger partial charge in [-0.15, -0.1) is 0 Å². The SMILES string of the molecule is NS(=O)(=O)c1ccc(CCC(=O)NCc2ccc3c(c2)CCCN3)cc1. The molecule has 138 valence electrons. The number of benzene rings is 2. The molecule has 0 unspecified atom stereocenters. The topological polar surface area (TPSA) is 101 Å². The van der Waals surface area contributed by atoms with Crippen molar-refractivity contribution < 1.29 is 13.2 Å². The molecule has 1 aliphatic rings. The van der Waals surface area contributed by atoms with Gasteiger partial charge in [0.05, 0.1) is 4.90 Å². The quantitative estimate of drug-likeness (QED) is 0.720. The molecule has 0 fully saturated rings. The lowest BCUT2D eigenvalue weighted by Crippen LogP contribution is -2.23. The first-order valence-electron chi connectivity index (χ1n) is 8.66. The fourth-order valence-corrected chi connectivity index (χ4v) is 3.55. The molecule has 0 saturated heterocycles. The summed E-state index contributed by atoms with van der Waals surface area (Å²) in [5.74, 6) is -0.0311. The number of nitrogens with two attached hydrogens (primary N) is 1. The van der Waals surface area contributed by atoms with Crippen LogP contribution in [0.5, 0.6) is 0 Å². The monoisotopic (exact) mass is 373 g/mol. The van der Waals surface area contributed by atoms with Crippen LogP contribution in [0.2, 0.25) is 0 Å². The van der Waals surface area contributed by atoms with Crippen molar-refractivity contribution in [1.29, 1.82) is 0 Å². The number of hydrogen-bond donors (Lipinski definition) is 3. The lowest BCUT2D eigenvalue weighted by atomic mass is 10.0. The van der Waals surface area contributed by atoms with E-state index in [2.05, 4.69) is 22.8 Å². The Balaban J connectivity index is 1.48. The fourth-order valence-electron chi connectivity index (χ4n) is 3.03. The van der Waals surface area contributed by atoms with Gasteiger partial charge in [0.25, 0.3) is 0 Å². The molecule has 0 aromatic heterocycles. The summed E-state index contributed by atoms with van der Waals surface area (Å²) in [6.07, 6.45) is 3.09. The molecular weight excluding hydrogens is 350 g/mol. The summed E-state index contributed by atoms with van der Waals surface area (Å²) in [6, 6.07) is 12.5. The van der Waals surface area contributed by atoms with Gasteiger partial charge in [-0.3, -0.25) is 4.79 Å². The van der Waals surface area contributed by atoms with E-state index in [1.807, 2.05) is 6.07 Å². The second-order valence-electron chi connectivity index (χ2n) is 6.49. The zero-order valence-corrected chi connectivity index (χ0v) is 15.3. The van der Waals surface area contributed by atoms with Gasteiger partial charge in [0.2, 0.25) is 15.9 Å². The first kappa shape index (κ1) is 18.4. The first-order chi connectivity index (χ1) is 12.4. The van der Waals surface area contributed by atoms with E-state index in [4.69, 9.17) is 5.14 Å². The summed E-state index contributed by atoms with van der Waals surface area (Å²) in [5.41, 5.74) is 4.48. The van der Waals surface area contributed by atoms with E-state index in [1.165, 1.54) is 23.4 Å². The van der Waals surface area contributed by atoms with Crippen molar-refractivity contribution >= 4 is 21.6 Å². The van der Waals surface area contributed by atoms with Crippen molar-refractivity contribution in [2.24, 2.45) is 5.14 Å². The predicted molar refractivity (Wildman–Crippen MR) is 101 cm³/mol. The minimum absolute atomic E-state index is 0.0311. The number of carbonyl (C=O) groups is 1. The van der Waals surface area contributed by atoms with Crippen LogP contribution in [0.25, 0.3) is 0 Å². The van der Waals surface area contributed by atoms with Gasteiger partial charge >= 0.3 is 0 Å². The van der Waals surface area contributed by atoms with Crippen molar-refractivity contribution in [3.63, 3.8) is 0 Å². The summed E-state index contributed by atoms with van der Waals surface area (Å²) in [5, 5.41) is 11.4. The van der Waals surface area contributed by atoms with Crippen molar-refractivity contribution in [2.75, 3.05) is 11.9 Å². The Labute approximate surface area is 153 Å². The predicted octanol–water partition coefficient (Wildman–Crippen LogP) is 1.94. The lowest BCUT2D eigenvalue weighted by Gasteiger charge is -2.18. The van der Waals surface area contributed by atoms with Gasteiger partial charge < -0.3 is 10.6 Å². The number of hydrogen-bond acceptors (Lipinski definition) is 4. The molecule has 0 saturated carbocycles. The molecule has 3 rings (SSSR count). The Hall–Kier alpha value is -2.38. The number of rotatable bonds is 6. The zero-order chi connectivity index (χ0) is 18.6. The zero-order valence-electron chi connectivity index (χ0n) is 14.5. The first-order valence-corrected chi connectivity index (χ1v) is 10.2. The molecule has 26 heavy (non-hydrogen) atoms. The van der Waals surface area contributed by atoms with Crippen molar-refractivity contribution in [1.82, 2.24) is 5.32 Å². The third-order valence-electron chi connectivity index (χ3n) is 4.49. The maximum absolute atomic E-state index is 12.1. The van der Waals surface area contributed by atoms with Gasteiger partial charge in [0.1, 0.15) is 0 Å². The van der Waals surface area contributed by atoms with Gasteiger partial charge in [0.15, 0.2) is 0 Å². The average Bonchev–Trinajstić information content (AvgIpc) is 2.64. The molecule has 7 heteroatoms. The van der Waals surface area contributed by atoms with E-state index in [1.54, 1.807) is 12.1 Å². The van der Waals surface area contributed by atoms with Crippen LogP contribution in [0.1, 0.15) is 29.5 Å². The summed E-state index contributed by atoms with van der Waals surface area (Å²) in [4.78, 5) is 12.1. The van der Waals surface area contributed by atoms with Gasteiger partial charge in [-0.25, -0.2) is 13.6 Å². The summed E-state index contributed by atoms with van der Waals surface area (Å²) >= 11 is 0. The van der Waals surface area contributed by atoms with E-state index in [0.717, 1.165) is 30.5 Å². The number of anilines is 1. The summed E-state index contributed by atoms with van der Waals surface area (Å²) < 4.78 is 22.5. The smallest absolute Gasteiger partial charge is 0.238 e. The highest BCUT2D eigenvalue weighted by atomic mass is 32.2. The molecule has 6 nitrogen and oxygen atoms in total. The van der Waals surface area contributed by atoms with Crippen LogP contribution >= 0.6 is 0 Å². The van der Waals surface area contributed by atoms with Crippen LogP contribution in [0, 0.1) is 0 Å². The third-order valence-corrected chi connectivity index (χ3v) is 5.42. The lowest BCUT2D eigenvalue weighted by molar-refractivity contribution is -0.121. The number of primary sulfonamides is 1. The van der Waals surface area contributed by atoms with Gasteiger partial charge in [0, 0.05) is 25.2 Å². The molecule has 0 bridgehead atoms. The molecule has 1 aliphatic heterocycles. The second-order valence-corrected chi connectivity index (χ2v) is 8.05. The molecule has 1 heterocycles. The van der Waals surface area contributed by atoms with E-state index in [-0.39, 0.29) is 10.8 Å². The number of nitrogens with one attached hydrogen (secondary N) is 2. The van der Waals surface area contributed by atoms with Gasteiger partial charge in [-0.1, -0.05) is 24.3 Å². The number of sulfonamides is 1. The van der Waals surface area contributed by atoms with Crippen LogP contribution in [0.3, 0.4) is 0 Å². The molecule has 2 aromatic rings. The molecule has 0 aliphatic carbocycles. The Bertz CT molecular complexity index is 893. The molecular formula is C19H23N3O3S. The molecule has 0 spiro atoms. The molecule has 2 aromatic carbocycles. The minimum atomic E-state index is -3.68. The van der Waals surface area contributed by atoms with Crippen LogP contribution < -0.4 is 15.8 Å². The van der Waals surface area contributed by atoms with Crippen LogP contribution in [0.15, 0.2) is 47.4 Å². The van der Waals surface area contributed by atoms with Crippen LogP contribution in [0.4, 0.5) is 5.69 Å². The summed E-state index contributed by atoms with van der Waals surface area (Å²) in [7, 11) is -3.68. The third kappa shape index (κ3) is 4.83. The van der Waals surface area contributed by atoms with Crippen LogP contribution in [-0.4, -0.2) is 20.9 Å². The van der Waals surface area contributed by atoms with Crippen molar-refractivity contribution in [2.45, 2.75) is 37.1 Å². The standard InChI is InChI=1S/C19H23N3O3S/c20-26(24,25)17-7-3-14(4-8-17)6-10-19(23)22-13-15-5-9-18-16(12-15)2-1-11-21-18/h3-5,7-9,12,21H,1-2,6,10-11,13H2,(H,22,23)(H2,20,24,25). The Morgan fingerprint density at radius 2 is 1.85 bits per heavy atom. The average molecular weight is 373 g/mol. The van der Waals surface area contributed by atoms with E-state index in [0.29, 0.717) is 19.4 Å².